The number of pyridine rings is 1. The largest absolute Gasteiger partial charge is 0.486 e. The quantitative estimate of drug-likeness (QED) is 0.123. The lowest BCUT2D eigenvalue weighted by Crippen LogP contribution is -2.39. The zero-order valence-corrected chi connectivity index (χ0v) is 33.4. The second kappa shape index (κ2) is 16.3. The number of halogens is 1. The number of nitriles is 1. The van der Waals surface area contributed by atoms with Crippen LogP contribution in [-0.4, -0.2) is 20.0 Å². The van der Waals surface area contributed by atoms with Gasteiger partial charge in [0.25, 0.3) is 0 Å². The van der Waals surface area contributed by atoms with Gasteiger partial charge >= 0.3 is 0 Å². The van der Waals surface area contributed by atoms with Crippen LogP contribution in [0.4, 0.5) is 5.82 Å². The van der Waals surface area contributed by atoms with E-state index < -0.39 is 11.1 Å². The topological polar surface area (TPSA) is 88.7 Å². The van der Waals surface area contributed by atoms with Crippen LogP contribution >= 0.6 is 15.9 Å². The molecule has 0 saturated carbocycles. The molecule has 0 fully saturated rings. The molecule has 284 valence electrons. The van der Waals surface area contributed by atoms with Crippen molar-refractivity contribution >= 4 is 32.9 Å². The third-order valence-corrected chi connectivity index (χ3v) is 11.3. The van der Waals surface area contributed by atoms with Gasteiger partial charge in [0.2, 0.25) is 0 Å². The Morgan fingerprint density at radius 3 is 1.46 bits per heavy atom. The molecule has 0 radical (unpaired) electrons. The van der Waals surface area contributed by atoms with Crippen molar-refractivity contribution in [3.8, 4) is 11.8 Å². The molecule has 2 heterocycles. The molecule has 0 spiro atoms. The fraction of sp³-hybridized carbons (Fsp3) is 0.0588. The Morgan fingerprint density at radius 1 is 0.576 bits per heavy atom. The minimum atomic E-state index is -1.00. The van der Waals surface area contributed by atoms with E-state index in [0.29, 0.717) is 28.3 Å². The SMILES string of the molecule is N#Cc1cc(Br)ccc1COc1cc(NC(c2ccccc2)(c2ccccc2)c2ccccc2)nc2c1nnn2C(c1ccccc1)(c1ccccc1)c1ccccc1. The van der Waals surface area contributed by atoms with Crippen molar-refractivity contribution in [3.63, 3.8) is 0 Å². The Labute approximate surface area is 351 Å². The number of aromatic nitrogens is 4. The predicted octanol–water partition coefficient (Wildman–Crippen LogP) is 11.3. The summed E-state index contributed by atoms with van der Waals surface area (Å²) in [5, 5.41) is 23.9. The summed E-state index contributed by atoms with van der Waals surface area (Å²) in [6.07, 6.45) is 0. The Morgan fingerprint density at radius 2 is 1.02 bits per heavy atom. The molecule has 9 aromatic rings. The number of rotatable bonds is 12. The van der Waals surface area contributed by atoms with E-state index in [0.717, 1.165) is 43.4 Å². The maximum Gasteiger partial charge on any atom is 0.185 e. The Hall–Kier alpha value is -7.34. The molecule has 1 N–H and O–H groups in total. The van der Waals surface area contributed by atoms with E-state index >= 15 is 0 Å². The average molecular weight is 830 g/mol. The van der Waals surface area contributed by atoms with Crippen LogP contribution in [0.1, 0.15) is 44.5 Å². The van der Waals surface area contributed by atoms with Gasteiger partial charge in [0.15, 0.2) is 16.9 Å². The number of benzene rings is 7. The first kappa shape index (κ1) is 37.2. The first-order chi connectivity index (χ1) is 29.1. The van der Waals surface area contributed by atoms with Gasteiger partial charge in [-0.05, 0) is 45.5 Å². The van der Waals surface area contributed by atoms with Crippen molar-refractivity contribution < 1.29 is 4.74 Å². The van der Waals surface area contributed by atoms with Crippen molar-refractivity contribution in [1.29, 1.82) is 5.26 Å². The van der Waals surface area contributed by atoms with Gasteiger partial charge in [-0.25, -0.2) is 9.67 Å². The first-order valence-corrected chi connectivity index (χ1v) is 20.1. The fourth-order valence-electron chi connectivity index (χ4n) is 8.09. The molecular weight excluding hydrogens is 793 g/mol. The number of anilines is 1. The number of hydrogen-bond acceptors (Lipinski definition) is 6. The van der Waals surface area contributed by atoms with Crippen LogP contribution < -0.4 is 10.1 Å². The molecule has 0 amide bonds. The van der Waals surface area contributed by atoms with Gasteiger partial charge in [0.1, 0.15) is 23.5 Å². The highest BCUT2D eigenvalue weighted by Gasteiger charge is 2.42. The Kier molecular flexibility index (Phi) is 10.3. The summed E-state index contributed by atoms with van der Waals surface area (Å²) in [5.74, 6) is 0.994. The lowest BCUT2D eigenvalue weighted by molar-refractivity contribution is 0.309. The molecule has 7 aromatic carbocycles. The minimum absolute atomic E-state index is 0.115. The van der Waals surface area contributed by atoms with Crippen LogP contribution in [0.2, 0.25) is 0 Å². The molecule has 0 aliphatic rings. The number of ether oxygens (including phenoxy) is 1. The zero-order chi connectivity index (χ0) is 40.1. The van der Waals surface area contributed by atoms with E-state index in [1.807, 2.05) is 95.7 Å². The molecule has 9 rings (SSSR count). The fourth-order valence-corrected chi connectivity index (χ4v) is 8.45. The summed E-state index contributed by atoms with van der Waals surface area (Å²) in [5.41, 5.74) is 6.33. The molecule has 0 atom stereocenters. The molecule has 0 saturated heterocycles. The van der Waals surface area contributed by atoms with Crippen LogP contribution in [0.25, 0.3) is 11.2 Å². The Balaban J connectivity index is 1.34. The standard InChI is InChI=1S/C51H37BrN6O/c52-45-32-31-37(38(33-45)35-53)36-59-46-34-47(55-50(39-19-7-1-8-20-39,40-21-9-2-10-22-40)41-23-11-3-12-24-41)54-49-48(46)56-57-58(49)51(42-25-13-4-14-26-42,43-27-15-5-16-28-43)44-29-17-6-18-30-44/h1-34H,36H2,(H,54,55). The van der Waals surface area contributed by atoms with Crippen molar-refractivity contribution in [3.05, 3.63) is 255 Å². The molecule has 59 heavy (non-hydrogen) atoms. The second-order valence-corrected chi connectivity index (χ2v) is 15.1. The van der Waals surface area contributed by atoms with Gasteiger partial charge < -0.3 is 10.1 Å². The van der Waals surface area contributed by atoms with Crippen molar-refractivity contribution in [2.75, 3.05) is 5.32 Å². The predicted molar refractivity (Wildman–Crippen MR) is 236 cm³/mol. The molecule has 2 aromatic heterocycles. The van der Waals surface area contributed by atoms with Gasteiger partial charge in [0, 0.05) is 16.1 Å². The molecule has 7 nitrogen and oxygen atoms in total. The minimum Gasteiger partial charge on any atom is -0.486 e. The van der Waals surface area contributed by atoms with E-state index in [4.69, 9.17) is 20.0 Å². The highest BCUT2D eigenvalue weighted by Crippen LogP contribution is 2.44. The van der Waals surface area contributed by atoms with Crippen LogP contribution in [0.15, 0.2) is 211 Å². The average Bonchev–Trinajstić information content (AvgIpc) is 3.74. The monoisotopic (exact) mass is 828 g/mol. The molecule has 8 heteroatoms. The van der Waals surface area contributed by atoms with Gasteiger partial charge in [-0.1, -0.05) is 209 Å². The molecule has 0 bridgehead atoms. The summed E-state index contributed by atoms with van der Waals surface area (Å²) < 4.78 is 9.48. The summed E-state index contributed by atoms with van der Waals surface area (Å²) in [6.45, 7) is 0.115. The van der Waals surface area contributed by atoms with E-state index in [1.165, 1.54) is 0 Å². The van der Waals surface area contributed by atoms with Crippen LogP contribution in [0.5, 0.6) is 5.75 Å². The molecular formula is C51H37BrN6O. The van der Waals surface area contributed by atoms with Crippen LogP contribution in [0, 0.1) is 11.3 Å². The molecule has 0 aliphatic heterocycles. The maximum absolute atomic E-state index is 10.1. The third-order valence-electron chi connectivity index (χ3n) is 10.8. The maximum atomic E-state index is 10.1. The Bertz CT molecular complexity index is 2670. The summed E-state index contributed by atoms with van der Waals surface area (Å²) in [7, 11) is 0. The van der Waals surface area contributed by atoms with Crippen molar-refractivity contribution in [2.45, 2.75) is 17.7 Å². The van der Waals surface area contributed by atoms with Crippen LogP contribution in [-0.2, 0) is 17.7 Å². The van der Waals surface area contributed by atoms with Gasteiger partial charge in [0.05, 0.1) is 11.6 Å². The van der Waals surface area contributed by atoms with Crippen molar-refractivity contribution in [2.24, 2.45) is 0 Å². The number of nitrogens with one attached hydrogen (secondary N) is 1. The third kappa shape index (κ3) is 6.82. The summed E-state index contributed by atoms with van der Waals surface area (Å²) in [6, 6.07) is 72.1. The number of nitrogens with zero attached hydrogens (tertiary/aromatic N) is 5. The smallest absolute Gasteiger partial charge is 0.185 e. The lowest BCUT2D eigenvalue weighted by atomic mass is 9.77. The van der Waals surface area contributed by atoms with Gasteiger partial charge in [-0.3, -0.25) is 0 Å². The molecule has 0 aliphatic carbocycles. The zero-order valence-electron chi connectivity index (χ0n) is 31.9. The first-order valence-electron chi connectivity index (χ1n) is 19.3. The lowest BCUT2D eigenvalue weighted by Gasteiger charge is -2.38. The number of fused-ring (bicyclic) bond motifs is 1. The number of hydrogen-bond donors (Lipinski definition) is 1. The van der Waals surface area contributed by atoms with Crippen molar-refractivity contribution in [1.82, 2.24) is 20.0 Å². The van der Waals surface area contributed by atoms with E-state index in [9.17, 15) is 5.26 Å². The van der Waals surface area contributed by atoms with Gasteiger partial charge in [-0.2, -0.15) is 5.26 Å². The van der Waals surface area contributed by atoms with E-state index in [-0.39, 0.29) is 6.61 Å². The van der Waals surface area contributed by atoms with Crippen LogP contribution in [0.3, 0.4) is 0 Å². The van der Waals surface area contributed by atoms with E-state index in [2.05, 4.69) is 137 Å². The van der Waals surface area contributed by atoms with Gasteiger partial charge in [-0.15, -0.1) is 5.10 Å². The summed E-state index contributed by atoms with van der Waals surface area (Å²) in [4.78, 5) is 5.49. The highest BCUT2D eigenvalue weighted by molar-refractivity contribution is 9.10. The molecule has 0 unspecified atom stereocenters. The second-order valence-electron chi connectivity index (χ2n) is 14.2. The highest BCUT2D eigenvalue weighted by atomic mass is 79.9. The summed E-state index contributed by atoms with van der Waals surface area (Å²) >= 11 is 3.51. The van der Waals surface area contributed by atoms with E-state index in [1.54, 1.807) is 6.07 Å². The normalized spacial score (nSPS) is 11.5.